The number of para-hydroxylation sites is 1. The van der Waals surface area contributed by atoms with Gasteiger partial charge in [0.2, 0.25) is 0 Å². The molecule has 7 heteroatoms. The van der Waals surface area contributed by atoms with Crippen molar-refractivity contribution < 1.29 is 4.42 Å². The van der Waals surface area contributed by atoms with E-state index >= 15 is 0 Å². The Labute approximate surface area is 108 Å². The smallest absolute Gasteiger partial charge is 0.269 e. The lowest BCUT2D eigenvalue weighted by molar-refractivity contribution is 0.558. The normalized spacial score (nSPS) is 10.9. The van der Waals surface area contributed by atoms with Crippen LogP contribution in [-0.2, 0) is 0 Å². The molecule has 94 valence electrons. The van der Waals surface area contributed by atoms with Gasteiger partial charge >= 0.3 is 0 Å². The summed E-state index contributed by atoms with van der Waals surface area (Å²) in [7, 11) is 0. The lowest BCUT2D eigenvalue weighted by Gasteiger charge is -2.02. The average molecular weight is 254 g/mol. The molecule has 0 bridgehead atoms. The minimum absolute atomic E-state index is 0.425. The zero-order valence-electron chi connectivity index (χ0n) is 9.84. The Bertz CT molecular complexity index is 659. The molecule has 1 aromatic carbocycles. The summed E-state index contributed by atoms with van der Waals surface area (Å²) < 4.78 is 5.14. The van der Waals surface area contributed by atoms with Crippen LogP contribution >= 0.6 is 0 Å². The van der Waals surface area contributed by atoms with Crippen molar-refractivity contribution in [2.24, 2.45) is 5.10 Å². The van der Waals surface area contributed by atoms with Crippen LogP contribution in [0.15, 0.2) is 58.2 Å². The fraction of sp³-hybridized carbons (Fsp3) is 0. The van der Waals surface area contributed by atoms with Crippen LogP contribution in [0.2, 0.25) is 0 Å². The summed E-state index contributed by atoms with van der Waals surface area (Å²) >= 11 is 0. The molecular formula is C12H10N6O. The van der Waals surface area contributed by atoms with Crippen molar-refractivity contribution in [1.29, 1.82) is 0 Å². The van der Waals surface area contributed by atoms with Gasteiger partial charge in [-0.15, -0.1) is 0 Å². The Kier molecular flexibility index (Phi) is 3.01. The molecule has 19 heavy (non-hydrogen) atoms. The molecule has 0 atom stereocenters. The van der Waals surface area contributed by atoms with Crippen LogP contribution in [-0.4, -0.2) is 26.5 Å². The Hall–Kier alpha value is -2.96. The van der Waals surface area contributed by atoms with Gasteiger partial charge in [-0.3, -0.25) is 0 Å². The highest BCUT2D eigenvalue weighted by molar-refractivity contribution is 5.75. The van der Waals surface area contributed by atoms with Crippen molar-refractivity contribution in [3.05, 3.63) is 54.5 Å². The Balaban J connectivity index is 1.79. The Morgan fingerprint density at radius 3 is 2.84 bits per heavy atom. The molecule has 0 radical (unpaired) electrons. The van der Waals surface area contributed by atoms with Gasteiger partial charge in [0, 0.05) is 5.69 Å². The first-order chi connectivity index (χ1) is 9.42. The van der Waals surface area contributed by atoms with Crippen molar-refractivity contribution >= 4 is 17.9 Å². The number of aromatic nitrogens is 4. The minimum Gasteiger partial charge on any atom is -0.463 e. The Morgan fingerprint density at radius 2 is 2.05 bits per heavy atom. The summed E-state index contributed by atoms with van der Waals surface area (Å²) in [4.78, 5) is 1.29. The molecule has 0 spiro atoms. The van der Waals surface area contributed by atoms with E-state index in [-0.39, 0.29) is 0 Å². The summed E-state index contributed by atoms with van der Waals surface area (Å²) in [6, 6.07) is 13.2. The molecule has 0 aliphatic rings. The van der Waals surface area contributed by atoms with Gasteiger partial charge in [0.25, 0.3) is 5.95 Å². The van der Waals surface area contributed by atoms with E-state index in [1.807, 2.05) is 30.3 Å². The third-order valence-electron chi connectivity index (χ3n) is 2.32. The van der Waals surface area contributed by atoms with Gasteiger partial charge in [0.15, 0.2) is 0 Å². The predicted octanol–water partition coefficient (Wildman–Crippen LogP) is 1.89. The third-order valence-corrected chi connectivity index (χ3v) is 2.32. The van der Waals surface area contributed by atoms with Gasteiger partial charge < -0.3 is 9.73 Å². The second kappa shape index (κ2) is 5.13. The maximum absolute atomic E-state index is 5.14. The molecule has 0 fully saturated rings. The van der Waals surface area contributed by atoms with Crippen LogP contribution in [0.1, 0.15) is 5.76 Å². The van der Waals surface area contributed by atoms with Gasteiger partial charge in [0.1, 0.15) is 5.76 Å². The molecule has 1 N–H and O–H groups in total. The number of hydrogen-bond acceptors (Lipinski definition) is 6. The zero-order valence-corrected chi connectivity index (χ0v) is 9.84. The highest BCUT2D eigenvalue weighted by Gasteiger charge is 2.04. The molecule has 0 aliphatic carbocycles. The van der Waals surface area contributed by atoms with Crippen LogP contribution in [0.5, 0.6) is 0 Å². The minimum atomic E-state index is 0.425. The molecule has 3 rings (SSSR count). The molecule has 2 aromatic heterocycles. The fourth-order valence-corrected chi connectivity index (χ4v) is 1.46. The quantitative estimate of drug-likeness (QED) is 0.719. The first kappa shape index (κ1) is 11.1. The van der Waals surface area contributed by atoms with Crippen LogP contribution in [0.3, 0.4) is 0 Å². The van der Waals surface area contributed by atoms with Crippen LogP contribution in [0.4, 0.5) is 11.6 Å². The van der Waals surface area contributed by atoms with E-state index in [4.69, 9.17) is 4.42 Å². The molecule has 0 saturated heterocycles. The van der Waals surface area contributed by atoms with E-state index in [0.29, 0.717) is 11.7 Å². The summed E-state index contributed by atoms with van der Waals surface area (Å²) in [5.74, 6) is 1.05. The van der Waals surface area contributed by atoms with Gasteiger partial charge in [0.05, 0.1) is 12.5 Å². The number of furan rings is 1. The molecule has 3 aromatic rings. The molecular weight excluding hydrogens is 244 g/mol. The molecule has 7 nitrogen and oxygen atoms in total. The molecule has 0 aliphatic heterocycles. The summed E-state index contributed by atoms with van der Waals surface area (Å²) in [5.41, 5.74) is 0.881. The number of benzene rings is 1. The lowest BCUT2D eigenvalue weighted by atomic mass is 10.3. The van der Waals surface area contributed by atoms with E-state index in [2.05, 4.69) is 25.9 Å². The predicted molar refractivity (Wildman–Crippen MR) is 69.2 cm³/mol. The maximum Gasteiger partial charge on any atom is 0.269 e. The van der Waals surface area contributed by atoms with Gasteiger partial charge in [-0.2, -0.15) is 5.10 Å². The number of hydrogen-bond donors (Lipinski definition) is 1. The van der Waals surface area contributed by atoms with Crippen LogP contribution < -0.4 is 5.32 Å². The second-order valence-corrected chi connectivity index (χ2v) is 3.64. The number of nitrogens with zero attached hydrogens (tertiary/aromatic N) is 5. The van der Waals surface area contributed by atoms with E-state index < -0.39 is 0 Å². The van der Waals surface area contributed by atoms with Crippen LogP contribution in [0.25, 0.3) is 0 Å². The van der Waals surface area contributed by atoms with Gasteiger partial charge in [-0.05, 0) is 34.7 Å². The standard InChI is InChI=1S/C12H10N6O/c1-2-5-10(6-3-1)14-12-15-16-17-18(12)13-9-11-7-4-8-19-11/h1-9H,(H,14,15,17). The van der Waals surface area contributed by atoms with Crippen molar-refractivity contribution in [1.82, 2.24) is 20.3 Å². The molecule has 0 saturated carbocycles. The number of tetrazole rings is 1. The van der Waals surface area contributed by atoms with E-state index in [1.54, 1.807) is 18.4 Å². The first-order valence-electron chi connectivity index (χ1n) is 5.60. The summed E-state index contributed by atoms with van der Waals surface area (Å²) in [5, 5.41) is 18.4. The summed E-state index contributed by atoms with van der Waals surface area (Å²) in [6.45, 7) is 0. The fourth-order valence-electron chi connectivity index (χ4n) is 1.46. The molecule has 0 unspecified atom stereocenters. The van der Waals surface area contributed by atoms with Crippen molar-refractivity contribution in [2.45, 2.75) is 0 Å². The van der Waals surface area contributed by atoms with Crippen molar-refractivity contribution in [3.8, 4) is 0 Å². The van der Waals surface area contributed by atoms with Crippen LogP contribution in [0, 0.1) is 0 Å². The number of rotatable bonds is 4. The molecule has 0 amide bonds. The first-order valence-corrected chi connectivity index (χ1v) is 5.60. The SMILES string of the molecule is C(=Nn1nnnc1Nc1ccccc1)c1ccco1. The zero-order chi connectivity index (χ0) is 12.9. The molecule has 2 heterocycles. The number of anilines is 2. The van der Waals surface area contributed by atoms with Gasteiger partial charge in [-0.25, -0.2) is 0 Å². The largest absolute Gasteiger partial charge is 0.463 e. The van der Waals surface area contributed by atoms with Gasteiger partial charge in [-0.1, -0.05) is 28.1 Å². The highest BCUT2D eigenvalue weighted by Crippen LogP contribution is 2.12. The lowest BCUT2D eigenvalue weighted by Crippen LogP contribution is -2.00. The monoisotopic (exact) mass is 254 g/mol. The second-order valence-electron chi connectivity index (χ2n) is 3.64. The van der Waals surface area contributed by atoms with E-state index in [1.165, 1.54) is 11.0 Å². The topological polar surface area (TPSA) is 81.1 Å². The maximum atomic E-state index is 5.14. The Morgan fingerprint density at radius 1 is 1.16 bits per heavy atom. The number of nitrogens with one attached hydrogen (secondary N) is 1. The highest BCUT2D eigenvalue weighted by atomic mass is 16.3. The van der Waals surface area contributed by atoms with Crippen molar-refractivity contribution in [3.63, 3.8) is 0 Å². The average Bonchev–Trinajstić information content (AvgIpc) is 3.09. The van der Waals surface area contributed by atoms with E-state index in [9.17, 15) is 0 Å². The van der Waals surface area contributed by atoms with E-state index in [0.717, 1.165) is 5.69 Å². The van der Waals surface area contributed by atoms with Crippen molar-refractivity contribution in [2.75, 3.05) is 5.32 Å². The third kappa shape index (κ3) is 2.65. The summed E-state index contributed by atoms with van der Waals surface area (Å²) in [6.07, 6.45) is 3.11.